The molecule has 0 aliphatic carbocycles. The molecule has 200 valence electrons. The topological polar surface area (TPSA) is 54.3 Å². The average molecular weight is 535 g/mol. The molecule has 0 radical (unpaired) electrons. The van der Waals surface area contributed by atoms with Crippen LogP contribution in [0.1, 0.15) is 25.0 Å². The van der Waals surface area contributed by atoms with E-state index in [0.717, 1.165) is 31.3 Å². The normalized spacial score (nSPS) is 12.9. The number of hydrogen-bond acceptors (Lipinski definition) is 6. The number of halogens is 4. The number of hydrazine groups is 1. The maximum atomic E-state index is 14.5. The van der Waals surface area contributed by atoms with E-state index in [4.69, 9.17) is 5.26 Å². The summed E-state index contributed by atoms with van der Waals surface area (Å²) < 4.78 is 55.1. The van der Waals surface area contributed by atoms with Crippen LogP contribution in [0.15, 0.2) is 61.3 Å². The molecule has 1 saturated heterocycles. The summed E-state index contributed by atoms with van der Waals surface area (Å²) >= 11 is 1.46. The Labute approximate surface area is 222 Å². The summed E-state index contributed by atoms with van der Waals surface area (Å²) in [5, 5.41) is 9.06. The fourth-order valence-corrected chi connectivity index (χ4v) is 4.25. The molecule has 0 bridgehead atoms. The van der Waals surface area contributed by atoms with Crippen LogP contribution >= 0.6 is 12.1 Å². The fourth-order valence-electron chi connectivity index (χ4n) is 3.19. The maximum Gasteiger partial charge on any atom is 0.278 e. The van der Waals surface area contributed by atoms with Crippen molar-refractivity contribution in [1.29, 1.82) is 5.26 Å². The van der Waals surface area contributed by atoms with Crippen LogP contribution < -0.4 is 15.2 Å². The first-order chi connectivity index (χ1) is 17.8. The first kappa shape index (κ1) is 32.1. The molecule has 2 N–H and O–H groups in total. The third-order valence-electron chi connectivity index (χ3n) is 5.12. The van der Waals surface area contributed by atoms with Crippen molar-refractivity contribution in [3.05, 3.63) is 84.1 Å². The van der Waals surface area contributed by atoms with Crippen LogP contribution in [0.4, 0.5) is 23.2 Å². The van der Waals surface area contributed by atoms with Crippen molar-refractivity contribution in [2.45, 2.75) is 39.5 Å². The zero-order valence-electron chi connectivity index (χ0n) is 21.5. The lowest BCUT2D eigenvalue weighted by atomic mass is 9.45. The number of rotatable bonds is 9. The Kier molecular flexibility index (Phi) is 15.2. The number of anilines is 1. The monoisotopic (exact) mass is 535 g/mol. The zero-order chi connectivity index (χ0) is 27.8. The van der Waals surface area contributed by atoms with E-state index in [-0.39, 0.29) is 24.0 Å². The standard InChI is InChI=1S/C20H20BF2N3S.C4H8F2N2.C2H6/c1-2-16-6-7-17(20(23)12-16)14-26(19-5-3-4-18(22)13-19)27-25-10-8-21(15-24)9-11-25;1-3(4(5)6)8-7-2;1-2/h2-7,12-13H,1,8-11,14H2;4,7-8H,1H2,2H3;1-2H3. The van der Waals surface area contributed by atoms with E-state index >= 15 is 0 Å². The van der Waals surface area contributed by atoms with Gasteiger partial charge in [-0.2, -0.15) is 0 Å². The van der Waals surface area contributed by atoms with E-state index in [9.17, 15) is 17.6 Å². The van der Waals surface area contributed by atoms with E-state index < -0.39 is 6.43 Å². The van der Waals surface area contributed by atoms with Crippen molar-refractivity contribution >= 4 is 30.6 Å². The van der Waals surface area contributed by atoms with Crippen molar-refractivity contribution in [3.63, 3.8) is 0 Å². The number of nitriles is 1. The third kappa shape index (κ3) is 11.3. The molecule has 0 unspecified atom stereocenters. The molecule has 0 saturated carbocycles. The van der Waals surface area contributed by atoms with Gasteiger partial charge in [0.15, 0.2) is 0 Å². The number of alkyl halides is 2. The molecule has 1 aliphatic heterocycles. The van der Waals surface area contributed by atoms with Gasteiger partial charge in [0.05, 0.1) is 17.9 Å². The van der Waals surface area contributed by atoms with Crippen molar-refractivity contribution < 1.29 is 17.6 Å². The minimum absolute atomic E-state index is 0.0911. The van der Waals surface area contributed by atoms with E-state index in [1.165, 1.54) is 37.4 Å². The van der Waals surface area contributed by atoms with Crippen molar-refractivity contribution in [3.8, 4) is 5.97 Å². The summed E-state index contributed by atoms with van der Waals surface area (Å²) in [6, 6.07) is 11.3. The average Bonchev–Trinajstić information content (AvgIpc) is 2.91. The Balaban J connectivity index is 0.000000586. The van der Waals surface area contributed by atoms with E-state index in [1.807, 2.05) is 30.3 Å². The van der Waals surface area contributed by atoms with Crippen molar-refractivity contribution in [2.24, 2.45) is 0 Å². The van der Waals surface area contributed by atoms with Gasteiger partial charge in [-0.25, -0.2) is 32.6 Å². The highest BCUT2D eigenvalue weighted by Crippen LogP contribution is 2.31. The zero-order valence-corrected chi connectivity index (χ0v) is 22.3. The molecule has 37 heavy (non-hydrogen) atoms. The highest BCUT2D eigenvalue weighted by molar-refractivity contribution is 7.98. The molecule has 5 nitrogen and oxygen atoms in total. The van der Waals surface area contributed by atoms with Gasteiger partial charge in [0, 0.05) is 43.8 Å². The third-order valence-corrected chi connectivity index (χ3v) is 6.26. The van der Waals surface area contributed by atoms with E-state index in [1.54, 1.807) is 18.2 Å². The van der Waals surface area contributed by atoms with Gasteiger partial charge in [-0.3, -0.25) is 4.31 Å². The van der Waals surface area contributed by atoms with Crippen LogP contribution in [0.5, 0.6) is 0 Å². The van der Waals surface area contributed by atoms with Crippen LogP contribution in [0, 0.1) is 22.9 Å². The number of allylic oxidation sites excluding steroid dienone is 1. The second-order valence-electron chi connectivity index (χ2n) is 7.69. The summed E-state index contributed by atoms with van der Waals surface area (Å²) in [5.41, 5.74) is 6.09. The van der Waals surface area contributed by atoms with Gasteiger partial charge < -0.3 is 5.43 Å². The SMILES string of the molecule is C=C(NNC)C(F)F.C=Cc1ccc(CN(SN2CCB(C#N)CC2)c2cccc(F)c2)c(F)c1.CC. The Bertz CT molecular complexity index is 1030. The predicted molar refractivity (Wildman–Crippen MR) is 148 cm³/mol. The minimum Gasteiger partial charge on any atom is -0.321 e. The van der Waals surface area contributed by atoms with Crippen LogP contribution in [-0.2, 0) is 6.54 Å². The summed E-state index contributed by atoms with van der Waals surface area (Å²) in [7, 11) is 1.49. The first-order valence-corrected chi connectivity index (χ1v) is 12.7. The smallest absolute Gasteiger partial charge is 0.278 e. The molecule has 1 fully saturated rings. The molecule has 0 atom stereocenters. The van der Waals surface area contributed by atoms with Gasteiger partial charge in [0.1, 0.15) is 11.6 Å². The van der Waals surface area contributed by atoms with E-state index in [2.05, 4.69) is 34.3 Å². The molecule has 2 aromatic rings. The Morgan fingerprint density at radius 1 is 1.22 bits per heavy atom. The molecule has 11 heteroatoms. The number of nitrogens with zero attached hydrogens (tertiary/aromatic N) is 3. The molecule has 1 aliphatic rings. The van der Waals surface area contributed by atoms with Crippen LogP contribution in [0.2, 0.25) is 12.6 Å². The lowest BCUT2D eigenvalue weighted by Gasteiger charge is -2.33. The lowest BCUT2D eigenvalue weighted by Crippen LogP contribution is -2.35. The van der Waals surface area contributed by atoms with Gasteiger partial charge in [-0.05, 0) is 42.5 Å². The lowest BCUT2D eigenvalue weighted by molar-refractivity contribution is 0.178. The Hall–Kier alpha value is -2.94. The number of hydrogen-bond donors (Lipinski definition) is 2. The summed E-state index contributed by atoms with van der Waals surface area (Å²) in [6.07, 6.45) is 0.722. The molecule has 0 spiro atoms. The summed E-state index contributed by atoms with van der Waals surface area (Å²) in [4.78, 5) is 0. The van der Waals surface area contributed by atoms with Gasteiger partial charge in [0.25, 0.3) is 13.1 Å². The van der Waals surface area contributed by atoms with Gasteiger partial charge in [-0.15, -0.1) is 0 Å². The first-order valence-electron chi connectivity index (χ1n) is 11.9. The highest BCUT2D eigenvalue weighted by atomic mass is 32.2. The van der Waals surface area contributed by atoms with Gasteiger partial charge in [0.2, 0.25) is 0 Å². The summed E-state index contributed by atoms with van der Waals surface area (Å²) in [6.45, 7) is 12.6. The molecule has 1 heterocycles. The molecular weight excluding hydrogens is 501 g/mol. The maximum absolute atomic E-state index is 14.5. The molecule has 2 aromatic carbocycles. The number of benzene rings is 2. The van der Waals surface area contributed by atoms with Crippen LogP contribution in [0.25, 0.3) is 6.08 Å². The van der Waals surface area contributed by atoms with Crippen molar-refractivity contribution in [1.82, 2.24) is 15.2 Å². The largest absolute Gasteiger partial charge is 0.321 e. The Morgan fingerprint density at radius 2 is 1.89 bits per heavy atom. The van der Waals surface area contributed by atoms with E-state index in [0.29, 0.717) is 17.8 Å². The van der Waals surface area contributed by atoms with Gasteiger partial charge in [-0.1, -0.05) is 51.3 Å². The predicted octanol–water partition coefficient (Wildman–Crippen LogP) is 6.57. The van der Waals surface area contributed by atoms with Crippen molar-refractivity contribution in [2.75, 3.05) is 24.4 Å². The second-order valence-corrected chi connectivity index (χ2v) is 8.81. The number of nitrogens with one attached hydrogen (secondary N) is 2. The molecule has 0 amide bonds. The van der Waals surface area contributed by atoms with Crippen LogP contribution in [0.3, 0.4) is 0 Å². The molecular formula is C26H34BF4N5S. The fraction of sp³-hybridized carbons (Fsp3) is 0.346. The molecule has 0 aromatic heterocycles. The highest BCUT2D eigenvalue weighted by Gasteiger charge is 2.25. The Morgan fingerprint density at radius 3 is 2.38 bits per heavy atom. The summed E-state index contributed by atoms with van der Waals surface area (Å²) in [5.74, 6) is 1.68. The van der Waals surface area contributed by atoms with Gasteiger partial charge >= 0.3 is 0 Å². The molecule has 3 rings (SSSR count). The van der Waals surface area contributed by atoms with Crippen LogP contribution in [-0.4, -0.2) is 37.6 Å². The quantitative estimate of drug-likeness (QED) is 0.164. The second kappa shape index (κ2) is 17.5. The minimum atomic E-state index is -2.50.